The number of aliphatic hydroxyl groups is 2. The number of ether oxygens (including phenoxy) is 5. The van der Waals surface area contributed by atoms with Crippen LogP contribution in [0.4, 0.5) is 0 Å². The summed E-state index contributed by atoms with van der Waals surface area (Å²) >= 11 is 6.07. The van der Waals surface area contributed by atoms with Crippen molar-refractivity contribution in [2.75, 3.05) is 6.61 Å². The standard InChI is InChI=1S/C41H53ClO9/c1-7-23(2)36-26(5)17-18-40(51-36)21-32-20-31(50-40)16-11-25(4)35(49-38(44)28-12-14-30(42)15-13-28)24(3)9-8-10-29-22-47-37-34(43)27(6)19-33(39(45)48-32)41(29,37)46/h8-15,19,23-24,26,31-37,43,46H,7,16-18,20-22H2,1-6H3/b9-8+,25-11+,29-10+/t23?,24-,26-,31+,32-,33-,34+,35-,36+,37+,40+,41+/m0/s1. The van der Waals surface area contributed by atoms with E-state index in [2.05, 4.69) is 26.8 Å². The molecule has 3 fully saturated rings. The Kier molecular flexibility index (Phi) is 11.4. The smallest absolute Gasteiger partial charge is 0.338 e. The van der Waals surface area contributed by atoms with Gasteiger partial charge in [0, 0.05) is 30.2 Å². The Morgan fingerprint density at radius 2 is 1.86 bits per heavy atom. The van der Waals surface area contributed by atoms with Gasteiger partial charge in [-0.25, -0.2) is 4.79 Å². The van der Waals surface area contributed by atoms with Crippen LogP contribution < -0.4 is 0 Å². The summed E-state index contributed by atoms with van der Waals surface area (Å²) in [4.78, 5) is 27.6. The topological polar surface area (TPSA) is 121 Å². The predicted octanol–water partition coefficient (Wildman–Crippen LogP) is 7.05. The van der Waals surface area contributed by atoms with Crippen LogP contribution in [0.5, 0.6) is 0 Å². The molecular formula is C41H53ClO9. The van der Waals surface area contributed by atoms with E-state index in [4.69, 9.17) is 35.3 Å². The minimum atomic E-state index is -1.82. The average Bonchev–Trinajstić information content (AvgIpc) is 3.44. The van der Waals surface area contributed by atoms with E-state index in [1.165, 1.54) is 0 Å². The maximum absolute atomic E-state index is 14.2. The van der Waals surface area contributed by atoms with Crippen molar-refractivity contribution in [2.24, 2.45) is 23.7 Å². The molecule has 2 bridgehead atoms. The van der Waals surface area contributed by atoms with Crippen LogP contribution in [-0.2, 0) is 28.5 Å². The lowest BCUT2D eigenvalue weighted by Gasteiger charge is -2.51. The van der Waals surface area contributed by atoms with Gasteiger partial charge in [-0.3, -0.25) is 4.79 Å². The second-order valence-electron chi connectivity index (χ2n) is 15.5. The number of hydrogen-bond acceptors (Lipinski definition) is 9. The molecule has 1 unspecified atom stereocenters. The van der Waals surface area contributed by atoms with Crippen LogP contribution >= 0.6 is 11.6 Å². The maximum Gasteiger partial charge on any atom is 0.338 e. The SMILES string of the molecule is CCC(C)[C@H]1O[C@]2(CC[C@@H]1C)C[C@@H]1C[C@@H](C/C=C(\C)[C@@H](OC(=O)c3ccc(Cl)cc3)[C@@H](C)/C=C/C=C3\CO[C@@H]4[C@H](O)C(C)=C[C@@H](C(=O)O1)[C@]34O)O2. The van der Waals surface area contributed by atoms with Gasteiger partial charge in [-0.15, -0.1) is 0 Å². The van der Waals surface area contributed by atoms with Gasteiger partial charge >= 0.3 is 11.9 Å². The maximum atomic E-state index is 14.2. The van der Waals surface area contributed by atoms with Crippen LogP contribution in [0.15, 0.2) is 71.4 Å². The van der Waals surface area contributed by atoms with Crippen LogP contribution in [0.25, 0.3) is 0 Å². The van der Waals surface area contributed by atoms with Crippen molar-refractivity contribution in [1.82, 2.24) is 0 Å². The lowest BCUT2D eigenvalue weighted by Crippen LogP contribution is -2.58. The number of fused-ring (bicyclic) bond motifs is 2. The van der Waals surface area contributed by atoms with Crippen molar-refractivity contribution >= 4 is 23.5 Å². The van der Waals surface area contributed by atoms with E-state index in [9.17, 15) is 19.8 Å². The van der Waals surface area contributed by atoms with E-state index < -0.39 is 53.7 Å². The predicted molar refractivity (Wildman–Crippen MR) is 193 cm³/mol. The summed E-state index contributed by atoms with van der Waals surface area (Å²) in [5.74, 6) is -2.67. The molecule has 9 nitrogen and oxygen atoms in total. The van der Waals surface area contributed by atoms with Crippen molar-refractivity contribution < 1.29 is 43.5 Å². The Hall–Kier alpha value is -2.79. The van der Waals surface area contributed by atoms with Crippen molar-refractivity contribution in [3.63, 3.8) is 0 Å². The number of esters is 2. The molecule has 10 heteroatoms. The summed E-state index contributed by atoms with van der Waals surface area (Å²) in [6, 6.07) is 6.59. The second kappa shape index (κ2) is 15.3. The third-order valence-corrected chi connectivity index (χ3v) is 12.0. The summed E-state index contributed by atoms with van der Waals surface area (Å²) in [5.41, 5.74) is 0.413. The highest BCUT2D eigenvalue weighted by atomic mass is 35.5. The number of hydrogen-bond donors (Lipinski definition) is 2. The lowest BCUT2D eigenvalue weighted by molar-refractivity contribution is -0.340. The molecule has 6 rings (SSSR count). The molecular weight excluding hydrogens is 672 g/mol. The minimum absolute atomic E-state index is 0.00602. The van der Waals surface area contributed by atoms with Gasteiger partial charge in [-0.05, 0) is 79.5 Å². The first kappa shape index (κ1) is 38.0. The van der Waals surface area contributed by atoms with Crippen molar-refractivity contribution in [3.8, 4) is 0 Å². The summed E-state index contributed by atoms with van der Waals surface area (Å²) < 4.78 is 32.2. The van der Waals surface area contributed by atoms with Gasteiger partial charge in [0.15, 0.2) is 5.79 Å². The minimum Gasteiger partial charge on any atom is -0.462 e. The number of allylic oxidation sites excluding steroid dienone is 2. The van der Waals surface area contributed by atoms with E-state index in [-0.39, 0.29) is 24.7 Å². The van der Waals surface area contributed by atoms with Gasteiger partial charge in [-0.1, -0.05) is 76.1 Å². The average molecular weight is 725 g/mol. The third-order valence-electron chi connectivity index (χ3n) is 11.8. The third kappa shape index (κ3) is 7.66. The molecule has 12 atom stereocenters. The Morgan fingerprint density at radius 1 is 1.12 bits per heavy atom. The molecule has 51 heavy (non-hydrogen) atoms. The van der Waals surface area contributed by atoms with Gasteiger partial charge in [0.1, 0.15) is 35.9 Å². The van der Waals surface area contributed by atoms with E-state index in [0.717, 1.165) is 18.4 Å². The van der Waals surface area contributed by atoms with E-state index in [1.54, 1.807) is 49.4 Å². The molecule has 1 aromatic rings. The Labute approximate surface area is 306 Å². The Bertz CT molecular complexity index is 1580. The first-order valence-electron chi connectivity index (χ1n) is 18.5. The Morgan fingerprint density at radius 3 is 2.59 bits per heavy atom. The van der Waals surface area contributed by atoms with Crippen LogP contribution in [0.1, 0.15) is 90.4 Å². The molecule has 1 aromatic carbocycles. The largest absolute Gasteiger partial charge is 0.462 e. The fourth-order valence-electron chi connectivity index (χ4n) is 8.51. The highest BCUT2D eigenvalue weighted by Gasteiger charge is 2.60. The highest BCUT2D eigenvalue weighted by Crippen LogP contribution is 2.48. The summed E-state index contributed by atoms with van der Waals surface area (Å²) in [5, 5.41) is 23.9. The summed E-state index contributed by atoms with van der Waals surface area (Å²) in [6.07, 6.45) is 9.26. The molecule has 3 saturated heterocycles. The number of carbonyl (C=O) groups excluding carboxylic acids is 2. The first-order valence-corrected chi connectivity index (χ1v) is 18.9. The molecule has 0 saturated carbocycles. The van der Waals surface area contributed by atoms with Crippen molar-refractivity contribution in [3.05, 3.63) is 82.0 Å². The van der Waals surface area contributed by atoms with E-state index >= 15 is 0 Å². The summed E-state index contributed by atoms with van der Waals surface area (Å²) in [7, 11) is 0. The van der Waals surface area contributed by atoms with Crippen LogP contribution in [0, 0.1) is 23.7 Å². The van der Waals surface area contributed by atoms with Crippen molar-refractivity contribution in [2.45, 2.75) is 128 Å². The van der Waals surface area contributed by atoms with Crippen molar-refractivity contribution in [1.29, 1.82) is 0 Å². The van der Waals surface area contributed by atoms with E-state index in [1.807, 2.05) is 19.9 Å². The molecule has 4 heterocycles. The monoisotopic (exact) mass is 724 g/mol. The zero-order valence-corrected chi connectivity index (χ0v) is 31.3. The molecule has 4 aliphatic heterocycles. The second-order valence-corrected chi connectivity index (χ2v) is 15.9. The van der Waals surface area contributed by atoms with E-state index in [0.29, 0.717) is 59.3 Å². The molecule has 0 amide bonds. The number of aliphatic hydroxyl groups excluding tert-OH is 1. The van der Waals surface area contributed by atoms with Gasteiger partial charge in [-0.2, -0.15) is 0 Å². The molecule has 0 aromatic heterocycles. The zero-order valence-electron chi connectivity index (χ0n) is 30.5. The fraction of sp³-hybridized carbons (Fsp3) is 0.610. The normalized spacial score (nSPS) is 41.9. The quantitative estimate of drug-likeness (QED) is 0.249. The number of benzene rings is 1. The van der Waals surface area contributed by atoms with Gasteiger partial charge in [0.2, 0.25) is 0 Å². The summed E-state index contributed by atoms with van der Waals surface area (Å²) in [6.45, 7) is 12.2. The molecule has 5 aliphatic rings. The first-order chi connectivity index (χ1) is 24.2. The van der Waals surface area contributed by atoms with Gasteiger partial charge in [0.25, 0.3) is 0 Å². The molecule has 1 aliphatic carbocycles. The molecule has 278 valence electrons. The van der Waals surface area contributed by atoms with Crippen LogP contribution in [0.3, 0.4) is 0 Å². The fourth-order valence-corrected chi connectivity index (χ4v) is 8.64. The number of halogens is 1. The van der Waals surface area contributed by atoms with Gasteiger partial charge in [0.05, 0.1) is 24.4 Å². The molecule has 2 N–H and O–H groups in total. The molecule has 0 radical (unpaired) electrons. The van der Waals surface area contributed by atoms with Crippen LogP contribution in [0.2, 0.25) is 5.02 Å². The Balaban J connectivity index is 1.39. The number of rotatable bonds is 4. The van der Waals surface area contributed by atoms with Crippen LogP contribution in [-0.4, -0.2) is 76.8 Å². The zero-order chi connectivity index (χ0) is 36.7. The van der Waals surface area contributed by atoms with Gasteiger partial charge < -0.3 is 33.9 Å². The molecule has 1 spiro atoms. The highest BCUT2D eigenvalue weighted by molar-refractivity contribution is 6.30. The lowest BCUT2D eigenvalue weighted by atomic mass is 9.71. The number of carbonyl (C=O) groups is 2.